The zero-order valence-corrected chi connectivity index (χ0v) is 15.3. The van der Waals surface area contributed by atoms with E-state index in [1.807, 2.05) is 4.90 Å². The first-order valence-corrected chi connectivity index (χ1v) is 8.50. The molecule has 10 heteroatoms. The van der Waals surface area contributed by atoms with Crippen molar-refractivity contribution in [3.63, 3.8) is 0 Å². The predicted octanol–water partition coefficient (Wildman–Crippen LogP) is 4.57. The minimum atomic E-state index is -2.97. The second-order valence-electron chi connectivity index (χ2n) is 6.08. The number of ether oxygens (including phenoxy) is 2. The number of hydrogen-bond acceptors (Lipinski definition) is 6. The van der Waals surface area contributed by atoms with E-state index in [4.69, 9.17) is 4.52 Å². The Bertz CT molecular complexity index is 919. The van der Waals surface area contributed by atoms with E-state index in [0.717, 1.165) is 5.56 Å². The second-order valence-corrected chi connectivity index (χ2v) is 6.08. The molecule has 0 N–H and O–H groups in total. The number of rotatable bonds is 9. The highest BCUT2D eigenvalue weighted by Gasteiger charge is 2.16. The lowest BCUT2D eigenvalue weighted by atomic mass is 10.2. The largest absolute Gasteiger partial charge is 0.435 e. The lowest BCUT2D eigenvalue weighted by Crippen LogP contribution is -2.17. The molecule has 0 bridgehead atoms. The maximum Gasteiger partial charge on any atom is 0.387 e. The van der Waals surface area contributed by atoms with Gasteiger partial charge in [-0.05, 0) is 36.9 Å². The molecule has 0 unspecified atom stereocenters. The molecule has 0 aliphatic carbocycles. The summed E-state index contributed by atoms with van der Waals surface area (Å²) in [6.45, 7) is -5.06. The van der Waals surface area contributed by atoms with Gasteiger partial charge in [-0.3, -0.25) is 4.90 Å². The second kappa shape index (κ2) is 9.37. The van der Waals surface area contributed by atoms with Crippen LogP contribution in [0.4, 0.5) is 17.6 Å². The molecule has 1 heterocycles. The fraction of sp³-hybridized carbons (Fsp3) is 0.263. The number of alkyl halides is 4. The molecule has 6 nitrogen and oxygen atoms in total. The van der Waals surface area contributed by atoms with Crippen molar-refractivity contribution in [3.8, 4) is 22.9 Å². The molecule has 0 fully saturated rings. The zero-order valence-electron chi connectivity index (χ0n) is 15.3. The zero-order chi connectivity index (χ0) is 20.8. The van der Waals surface area contributed by atoms with Crippen LogP contribution in [0.3, 0.4) is 0 Å². The van der Waals surface area contributed by atoms with Gasteiger partial charge in [-0.1, -0.05) is 29.4 Å². The van der Waals surface area contributed by atoms with E-state index in [1.165, 1.54) is 18.2 Å². The first-order valence-electron chi connectivity index (χ1n) is 8.50. The van der Waals surface area contributed by atoms with Gasteiger partial charge in [-0.15, -0.1) is 0 Å². The SMILES string of the molecule is CN(Cc1ccc(OC(F)F)cc1)Cc1nc(-c2ccccc2OC(F)F)no1. The van der Waals surface area contributed by atoms with Crippen LogP contribution in [-0.2, 0) is 13.1 Å². The third-order valence-corrected chi connectivity index (χ3v) is 3.82. The summed E-state index contributed by atoms with van der Waals surface area (Å²) in [5.41, 5.74) is 1.16. The van der Waals surface area contributed by atoms with Crippen LogP contribution in [0.1, 0.15) is 11.5 Å². The molecule has 0 atom stereocenters. The van der Waals surface area contributed by atoms with Crippen molar-refractivity contribution < 1.29 is 31.6 Å². The molecular weight excluding hydrogens is 394 g/mol. The summed E-state index contributed by atoms with van der Waals surface area (Å²) in [5.74, 6) is 0.456. The average molecular weight is 411 g/mol. The first kappa shape index (κ1) is 20.6. The van der Waals surface area contributed by atoms with Gasteiger partial charge in [0.2, 0.25) is 11.7 Å². The molecule has 0 saturated carbocycles. The summed E-state index contributed by atoms with van der Waals surface area (Å²) in [5, 5.41) is 3.83. The molecule has 0 aliphatic rings. The van der Waals surface area contributed by atoms with Crippen molar-refractivity contribution in [1.29, 1.82) is 0 Å². The van der Waals surface area contributed by atoms with Gasteiger partial charge in [0.1, 0.15) is 11.5 Å². The van der Waals surface area contributed by atoms with Gasteiger partial charge in [0, 0.05) is 6.54 Å². The number of benzene rings is 2. The van der Waals surface area contributed by atoms with Gasteiger partial charge in [0.25, 0.3) is 0 Å². The minimum Gasteiger partial charge on any atom is -0.435 e. The van der Waals surface area contributed by atoms with E-state index in [1.54, 1.807) is 37.4 Å². The van der Waals surface area contributed by atoms with Gasteiger partial charge in [0.15, 0.2) is 0 Å². The topological polar surface area (TPSA) is 60.6 Å². The number of halogens is 4. The van der Waals surface area contributed by atoms with Gasteiger partial charge in [-0.25, -0.2) is 0 Å². The summed E-state index contributed by atoms with van der Waals surface area (Å²) in [7, 11) is 1.81. The van der Waals surface area contributed by atoms with Gasteiger partial charge in [-0.2, -0.15) is 22.5 Å². The summed E-state index contributed by atoms with van der Waals surface area (Å²) in [6.07, 6.45) is 0. The van der Waals surface area contributed by atoms with Crippen LogP contribution in [0.5, 0.6) is 11.5 Å². The Kier molecular flexibility index (Phi) is 6.65. The third-order valence-electron chi connectivity index (χ3n) is 3.82. The lowest BCUT2D eigenvalue weighted by Gasteiger charge is -2.14. The van der Waals surface area contributed by atoms with E-state index in [0.29, 0.717) is 18.7 Å². The van der Waals surface area contributed by atoms with E-state index in [-0.39, 0.29) is 23.2 Å². The Balaban J connectivity index is 1.63. The molecule has 3 rings (SSSR count). The molecule has 154 valence electrons. The Labute approximate surface area is 163 Å². The van der Waals surface area contributed by atoms with Crippen LogP contribution in [0.2, 0.25) is 0 Å². The smallest absolute Gasteiger partial charge is 0.387 e. The molecule has 1 aromatic heterocycles. The van der Waals surface area contributed by atoms with Crippen molar-refractivity contribution in [2.75, 3.05) is 7.05 Å². The Morgan fingerprint density at radius 1 is 0.931 bits per heavy atom. The number of nitrogens with zero attached hydrogens (tertiary/aromatic N) is 3. The Morgan fingerprint density at radius 3 is 2.31 bits per heavy atom. The van der Waals surface area contributed by atoms with E-state index in [2.05, 4.69) is 19.6 Å². The number of hydrogen-bond donors (Lipinski definition) is 0. The highest BCUT2D eigenvalue weighted by atomic mass is 19.3. The predicted molar refractivity (Wildman–Crippen MR) is 94.6 cm³/mol. The van der Waals surface area contributed by atoms with Gasteiger partial charge >= 0.3 is 13.2 Å². The van der Waals surface area contributed by atoms with E-state index in [9.17, 15) is 17.6 Å². The van der Waals surface area contributed by atoms with Crippen LogP contribution in [0.15, 0.2) is 53.1 Å². The van der Waals surface area contributed by atoms with Gasteiger partial charge in [0.05, 0.1) is 12.1 Å². The quantitative estimate of drug-likeness (QED) is 0.481. The highest BCUT2D eigenvalue weighted by Crippen LogP contribution is 2.29. The molecule has 0 amide bonds. The standard InChI is InChI=1S/C19H17F4N3O3/c1-26(10-12-6-8-13(9-7-12)27-18(20)21)11-16-24-17(25-29-16)14-4-2-3-5-15(14)28-19(22)23/h2-9,18-19H,10-11H2,1H3. The number of para-hydroxylation sites is 1. The van der Waals surface area contributed by atoms with Crippen LogP contribution in [0, 0.1) is 0 Å². The third kappa shape index (κ3) is 5.92. The first-order chi connectivity index (χ1) is 13.9. The number of aromatic nitrogens is 2. The van der Waals surface area contributed by atoms with Crippen LogP contribution in [0.25, 0.3) is 11.4 Å². The molecule has 29 heavy (non-hydrogen) atoms. The molecule has 0 saturated heterocycles. The summed E-state index contributed by atoms with van der Waals surface area (Å²) in [6, 6.07) is 12.4. The monoisotopic (exact) mass is 411 g/mol. The molecule has 3 aromatic rings. The van der Waals surface area contributed by atoms with Crippen molar-refractivity contribution in [3.05, 3.63) is 60.0 Å². The normalized spacial score (nSPS) is 11.4. The maximum absolute atomic E-state index is 12.5. The van der Waals surface area contributed by atoms with Crippen LogP contribution < -0.4 is 9.47 Å². The fourth-order valence-corrected chi connectivity index (χ4v) is 2.65. The lowest BCUT2D eigenvalue weighted by molar-refractivity contribution is -0.0503. The van der Waals surface area contributed by atoms with Crippen molar-refractivity contribution >= 4 is 0 Å². The summed E-state index contributed by atoms with van der Waals surface area (Å²) >= 11 is 0. The minimum absolute atomic E-state index is 0.0469. The molecule has 0 radical (unpaired) electrons. The molecule has 0 spiro atoms. The maximum atomic E-state index is 12.5. The van der Waals surface area contributed by atoms with Crippen molar-refractivity contribution in [2.45, 2.75) is 26.3 Å². The van der Waals surface area contributed by atoms with Gasteiger partial charge < -0.3 is 14.0 Å². The average Bonchev–Trinajstić information content (AvgIpc) is 3.11. The molecule has 2 aromatic carbocycles. The Morgan fingerprint density at radius 2 is 1.62 bits per heavy atom. The van der Waals surface area contributed by atoms with E-state index < -0.39 is 13.2 Å². The Hall–Kier alpha value is -3.14. The summed E-state index contributed by atoms with van der Waals surface area (Å²) in [4.78, 5) is 6.09. The van der Waals surface area contributed by atoms with Crippen LogP contribution >= 0.6 is 0 Å². The van der Waals surface area contributed by atoms with Crippen molar-refractivity contribution in [2.24, 2.45) is 0 Å². The molecule has 0 aliphatic heterocycles. The molecular formula is C19H17F4N3O3. The highest BCUT2D eigenvalue weighted by molar-refractivity contribution is 5.63. The fourth-order valence-electron chi connectivity index (χ4n) is 2.65. The van der Waals surface area contributed by atoms with Crippen molar-refractivity contribution in [1.82, 2.24) is 15.0 Å². The summed E-state index contributed by atoms with van der Waals surface area (Å²) < 4.78 is 63.5. The van der Waals surface area contributed by atoms with E-state index >= 15 is 0 Å². The van der Waals surface area contributed by atoms with Crippen LogP contribution in [-0.4, -0.2) is 35.3 Å².